The van der Waals surface area contributed by atoms with Crippen molar-refractivity contribution >= 4 is 0 Å². The topological polar surface area (TPSA) is 0 Å². The number of hydrogen-bond donors (Lipinski definition) is 0. The Morgan fingerprint density at radius 2 is 1.64 bits per heavy atom. The van der Waals surface area contributed by atoms with Gasteiger partial charge in [-0.3, -0.25) is 0 Å². The van der Waals surface area contributed by atoms with E-state index in [1.807, 2.05) is 24.3 Å². The van der Waals surface area contributed by atoms with Gasteiger partial charge in [0.05, 0.1) is 0 Å². The minimum Gasteiger partial charge on any atom is -0.0991 e. The lowest BCUT2D eigenvalue weighted by atomic mass is 10.3. The highest BCUT2D eigenvalue weighted by Crippen LogP contribution is 1.88. The smallest absolute Gasteiger partial charge is 0.0350 e. The summed E-state index contributed by atoms with van der Waals surface area (Å²) in [6.07, 6.45) is 16.3. The largest absolute Gasteiger partial charge is 0.0991 e. The Morgan fingerprint density at radius 1 is 1.00 bits per heavy atom. The molecule has 0 aliphatic rings. The van der Waals surface area contributed by atoms with E-state index in [2.05, 4.69) is 25.7 Å². The Bertz CT molecular complexity index is 159. The molecule has 0 aromatic heterocycles. The average Bonchev–Trinajstić information content (AvgIpc) is 2.03. The molecule has 0 fully saturated rings. The van der Waals surface area contributed by atoms with Gasteiger partial charge in [-0.25, -0.2) is 0 Å². The molecule has 0 aliphatic carbocycles. The van der Waals surface area contributed by atoms with E-state index in [1.54, 1.807) is 6.08 Å². The van der Waals surface area contributed by atoms with Crippen LogP contribution < -0.4 is 0 Å². The Morgan fingerprint density at radius 3 is 2.27 bits per heavy atom. The van der Waals surface area contributed by atoms with Crippen molar-refractivity contribution in [3.05, 3.63) is 49.1 Å². The molecule has 0 saturated heterocycles. The predicted molar refractivity (Wildman–Crippen MR) is 52.5 cm³/mol. The molecule has 0 aromatic carbocycles. The highest BCUT2D eigenvalue weighted by molar-refractivity contribution is 5.14. The molecule has 0 N–H and O–H groups in total. The molecule has 11 heavy (non-hydrogen) atoms. The van der Waals surface area contributed by atoms with Crippen molar-refractivity contribution in [2.75, 3.05) is 0 Å². The van der Waals surface area contributed by atoms with E-state index < -0.39 is 0 Å². The van der Waals surface area contributed by atoms with Crippen molar-refractivity contribution in [2.24, 2.45) is 0 Å². The Hall–Kier alpha value is -1.04. The second-order valence-corrected chi connectivity index (χ2v) is 2.22. The summed E-state index contributed by atoms with van der Waals surface area (Å²) in [5.41, 5.74) is 0. The lowest BCUT2D eigenvalue weighted by Crippen LogP contribution is -1.58. The van der Waals surface area contributed by atoms with E-state index in [-0.39, 0.29) is 0 Å². The molecule has 0 amide bonds. The van der Waals surface area contributed by atoms with Crippen LogP contribution >= 0.6 is 0 Å². The zero-order valence-corrected chi connectivity index (χ0v) is 7.16. The van der Waals surface area contributed by atoms with Crippen molar-refractivity contribution in [2.45, 2.75) is 19.8 Å². The van der Waals surface area contributed by atoms with Crippen molar-refractivity contribution in [1.82, 2.24) is 0 Å². The highest BCUT2D eigenvalue weighted by Gasteiger charge is 1.68. The van der Waals surface area contributed by atoms with Gasteiger partial charge in [0.2, 0.25) is 0 Å². The van der Waals surface area contributed by atoms with Crippen molar-refractivity contribution in [1.29, 1.82) is 0 Å². The fourth-order valence-electron chi connectivity index (χ4n) is 0.612. The summed E-state index contributed by atoms with van der Waals surface area (Å²) in [6.45, 7) is 5.74. The molecular weight excluding hydrogens is 132 g/mol. The van der Waals surface area contributed by atoms with Gasteiger partial charge in [0.25, 0.3) is 0 Å². The van der Waals surface area contributed by atoms with E-state index >= 15 is 0 Å². The molecule has 0 atom stereocenters. The molecule has 0 saturated carbocycles. The summed E-state index contributed by atoms with van der Waals surface area (Å²) in [5.74, 6) is 0. The fourth-order valence-corrected chi connectivity index (χ4v) is 0.612. The van der Waals surface area contributed by atoms with E-state index in [0.29, 0.717) is 0 Å². The van der Waals surface area contributed by atoms with Crippen LogP contribution in [0.2, 0.25) is 0 Å². The van der Waals surface area contributed by atoms with Crippen LogP contribution in [0.5, 0.6) is 0 Å². The summed E-state index contributed by atoms with van der Waals surface area (Å²) >= 11 is 0. The van der Waals surface area contributed by atoms with Gasteiger partial charge < -0.3 is 0 Å². The van der Waals surface area contributed by atoms with E-state index in [4.69, 9.17) is 0 Å². The summed E-state index contributed by atoms with van der Waals surface area (Å²) in [5, 5.41) is 0. The maximum Gasteiger partial charge on any atom is -0.0350 e. The molecule has 0 rings (SSSR count). The van der Waals surface area contributed by atoms with Gasteiger partial charge >= 0.3 is 0 Å². The minimum absolute atomic E-state index is 1.16. The number of hydrogen-bond acceptors (Lipinski definition) is 0. The zero-order chi connectivity index (χ0) is 8.36. The molecule has 0 nitrogen and oxygen atoms in total. The van der Waals surface area contributed by atoms with Gasteiger partial charge in [-0.15, -0.1) is 0 Å². The van der Waals surface area contributed by atoms with Crippen LogP contribution in [0.15, 0.2) is 49.1 Å². The van der Waals surface area contributed by atoms with Gasteiger partial charge in [-0.1, -0.05) is 62.5 Å². The molecule has 0 heterocycles. The first kappa shape index (κ1) is 9.96. The first-order valence-electron chi connectivity index (χ1n) is 4.02. The van der Waals surface area contributed by atoms with Gasteiger partial charge in [0, 0.05) is 0 Å². The lowest BCUT2D eigenvalue weighted by molar-refractivity contribution is 0.959. The van der Waals surface area contributed by atoms with E-state index in [1.165, 1.54) is 6.42 Å². The number of unbranched alkanes of at least 4 members (excludes halogenated alkanes) is 1. The van der Waals surface area contributed by atoms with Crippen LogP contribution in [0.4, 0.5) is 0 Å². The van der Waals surface area contributed by atoms with Crippen LogP contribution in [0.1, 0.15) is 19.8 Å². The van der Waals surface area contributed by atoms with E-state index in [0.717, 1.165) is 6.42 Å². The highest BCUT2D eigenvalue weighted by atomic mass is 13.7. The van der Waals surface area contributed by atoms with E-state index in [9.17, 15) is 0 Å². The summed E-state index contributed by atoms with van der Waals surface area (Å²) in [4.78, 5) is 0. The third-order valence-corrected chi connectivity index (χ3v) is 1.17. The second-order valence-electron chi connectivity index (χ2n) is 2.22. The van der Waals surface area contributed by atoms with Gasteiger partial charge in [0.1, 0.15) is 0 Å². The van der Waals surface area contributed by atoms with Crippen LogP contribution in [-0.2, 0) is 0 Å². The first-order valence-corrected chi connectivity index (χ1v) is 4.02. The Balaban J connectivity index is 3.42. The fraction of sp³-hybridized carbons (Fsp3) is 0.273. The molecule has 0 radical (unpaired) electrons. The van der Waals surface area contributed by atoms with Crippen molar-refractivity contribution in [3.63, 3.8) is 0 Å². The maximum absolute atomic E-state index is 3.57. The molecule has 60 valence electrons. The third kappa shape index (κ3) is 8.96. The molecule has 0 aliphatic heterocycles. The molecule has 0 aromatic rings. The average molecular weight is 148 g/mol. The minimum atomic E-state index is 1.16. The van der Waals surface area contributed by atoms with Crippen LogP contribution in [-0.4, -0.2) is 0 Å². The van der Waals surface area contributed by atoms with Crippen LogP contribution in [0, 0.1) is 0 Å². The summed E-state index contributed by atoms with van der Waals surface area (Å²) in [6, 6.07) is 0. The second kappa shape index (κ2) is 8.96. The molecular formula is C11H16. The predicted octanol–water partition coefficient (Wildman–Crippen LogP) is 3.64. The van der Waals surface area contributed by atoms with Gasteiger partial charge in [-0.2, -0.15) is 0 Å². The quantitative estimate of drug-likeness (QED) is 0.522. The molecule has 0 heteroatoms. The Labute approximate surface area is 69.6 Å². The number of allylic oxidation sites excluding steroid dienone is 7. The van der Waals surface area contributed by atoms with Crippen LogP contribution in [0.25, 0.3) is 0 Å². The standard InChI is InChI=1S/C11H16/c1-3-5-7-9-11-10-8-6-4-2/h3,5,7-11H,1,4,6H2,2H3/b7-5+,10-8+,11-9+. The first-order chi connectivity index (χ1) is 5.41. The molecule has 0 unspecified atom stereocenters. The third-order valence-electron chi connectivity index (χ3n) is 1.17. The monoisotopic (exact) mass is 148 g/mol. The normalized spacial score (nSPS) is 12.1. The molecule has 0 spiro atoms. The Kier molecular flexibility index (Phi) is 8.11. The maximum atomic E-state index is 3.57. The summed E-state index contributed by atoms with van der Waals surface area (Å²) in [7, 11) is 0. The summed E-state index contributed by atoms with van der Waals surface area (Å²) < 4.78 is 0. The van der Waals surface area contributed by atoms with Crippen LogP contribution in [0.3, 0.4) is 0 Å². The van der Waals surface area contributed by atoms with Gasteiger partial charge in [-0.05, 0) is 6.42 Å². The number of rotatable bonds is 5. The van der Waals surface area contributed by atoms with Crippen molar-refractivity contribution in [3.8, 4) is 0 Å². The lowest BCUT2D eigenvalue weighted by Gasteiger charge is -1.79. The SMILES string of the molecule is C=C/C=C/C=C/C=C/CCC. The van der Waals surface area contributed by atoms with Crippen molar-refractivity contribution < 1.29 is 0 Å². The zero-order valence-electron chi connectivity index (χ0n) is 7.16. The molecule has 0 bridgehead atoms. The van der Waals surface area contributed by atoms with Gasteiger partial charge in [0.15, 0.2) is 0 Å².